The Kier molecular flexibility index (Phi) is 4.91. The number of benzene rings is 3. The van der Waals surface area contributed by atoms with E-state index in [0.717, 1.165) is 12.1 Å². The molecule has 3 aromatic carbocycles. The number of hydrogen-bond acceptors (Lipinski definition) is 3. The van der Waals surface area contributed by atoms with Gasteiger partial charge in [-0.2, -0.15) is 0 Å². The van der Waals surface area contributed by atoms with Crippen LogP contribution in [0.25, 0.3) is 11.1 Å². The summed E-state index contributed by atoms with van der Waals surface area (Å²) in [6.45, 7) is 0. The van der Waals surface area contributed by atoms with Crippen molar-refractivity contribution >= 4 is 21.6 Å². The second-order valence-electron chi connectivity index (χ2n) is 5.69. The van der Waals surface area contributed by atoms with E-state index in [-0.39, 0.29) is 21.7 Å². The molecule has 0 spiro atoms. The summed E-state index contributed by atoms with van der Waals surface area (Å²) in [4.78, 5) is 11.0. The first-order valence-corrected chi connectivity index (χ1v) is 9.23. The zero-order chi connectivity index (χ0) is 19.6. The summed E-state index contributed by atoms with van der Waals surface area (Å²) in [6, 6.07) is 13.8. The molecule has 1 amide bonds. The summed E-state index contributed by atoms with van der Waals surface area (Å²) < 4.78 is 54.5. The summed E-state index contributed by atoms with van der Waals surface area (Å²) in [5, 5.41) is 0. The van der Waals surface area contributed by atoms with Gasteiger partial charge in [-0.15, -0.1) is 0 Å². The van der Waals surface area contributed by atoms with Crippen molar-refractivity contribution in [1.29, 1.82) is 0 Å². The van der Waals surface area contributed by atoms with Crippen molar-refractivity contribution in [2.24, 2.45) is 5.73 Å². The minimum absolute atomic E-state index is 0.0955. The molecular formula is C19H14F2N2O3S. The van der Waals surface area contributed by atoms with E-state index in [4.69, 9.17) is 5.73 Å². The molecule has 0 radical (unpaired) electrons. The fraction of sp³-hybridized carbons (Fsp3) is 0. The van der Waals surface area contributed by atoms with Crippen LogP contribution in [0.4, 0.5) is 14.5 Å². The van der Waals surface area contributed by atoms with Gasteiger partial charge in [0.2, 0.25) is 5.91 Å². The molecule has 27 heavy (non-hydrogen) atoms. The van der Waals surface area contributed by atoms with E-state index < -0.39 is 27.6 Å². The van der Waals surface area contributed by atoms with Gasteiger partial charge in [0.05, 0.1) is 10.6 Å². The quantitative estimate of drug-likeness (QED) is 0.701. The number of amides is 1. The van der Waals surface area contributed by atoms with Crippen LogP contribution in [0.2, 0.25) is 0 Å². The smallest absolute Gasteiger partial charge is 0.261 e. The SMILES string of the molecule is NC(=O)c1ccc(S(=O)(=O)Nc2ccc(F)cc2-c2ccc(F)cc2)cc1. The van der Waals surface area contributed by atoms with Crippen LogP contribution < -0.4 is 10.5 Å². The predicted octanol–water partition coefficient (Wildman–Crippen LogP) is 3.53. The van der Waals surface area contributed by atoms with Crippen molar-refractivity contribution in [3.8, 4) is 11.1 Å². The summed E-state index contributed by atoms with van der Waals surface area (Å²) in [5.41, 5.74) is 6.13. The number of carbonyl (C=O) groups excluding carboxylic acids is 1. The maximum atomic E-state index is 13.7. The predicted molar refractivity (Wildman–Crippen MR) is 97.6 cm³/mol. The molecule has 138 valence electrons. The second-order valence-corrected chi connectivity index (χ2v) is 7.37. The Bertz CT molecular complexity index is 1100. The van der Waals surface area contributed by atoms with Crippen LogP contribution in [0.3, 0.4) is 0 Å². The summed E-state index contributed by atoms with van der Waals surface area (Å²) in [5.74, 6) is -1.71. The molecule has 0 heterocycles. The third kappa shape index (κ3) is 4.12. The molecule has 3 rings (SSSR count). The number of rotatable bonds is 5. The maximum Gasteiger partial charge on any atom is 0.261 e. The van der Waals surface area contributed by atoms with E-state index in [0.29, 0.717) is 5.56 Å². The van der Waals surface area contributed by atoms with Crippen LogP contribution in [-0.4, -0.2) is 14.3 Å². The highest BCUT2D eigenvalue weighted by molar-refractivity contribution is 7.92. The Morgan fingerprint density at radius 3 is 2.04 bits per heavy atom. The maximum absolute atomic E-state index is 13.7. The number of carbonyl (C=O) groups is 1. The van der Waals surface area contributed by atoms with Gasteiger partial charge < -0.3 is 5.73 Å². The highest BCUT2D eigenvalue weighted by Gasteiger charge is 2.17. The van der Waals surface area contributed by atoms with Crippen molar-refractivity contribution in [1.82, 2.24) is 0 Å². The minimum atomic E-state index is -4.01. The monoisotopic (exact) mass is 388 g/mol. The van der Waals surface area contributed by atoms with Crippen LogP contribution >= 0.6 is 0 Å². The molecular weight excluding hydrogens is 374 g/mol. The van der Waals surface area contributed by atoms with E-state index in [1.54, 1.807) is 0 Å². The van der Waals surface area contributed by atoms with Gasteiger partial charge in [-0.05, 0) is 60.2 Å². The Hall–Kier alpha value is -3.26. The van der Waals surface area contributed by atoms with Gasteiger partial charge in [0.25, 0.3) is 10.0 Å². The third-order valence-electron chi connectivity index (χ3n) is 3.83. The molecule has 0 aliphatic carbocycles. The lowest BCUT2D eigenvalue weighted by Crippen LogP contribution is -2.15. The Labute approximate surface area is 154 Å². The number of anilines is 1. The molecule has 3 aromatic rings. The number of nitrogens with two attached hydrogens (primary N) is 1. The molecule has 8 heteroatoms. The zero-order valence-electron chi connectivity index (χ0n) is 13.8. The molecule has 3 N–H and O–H groups in total. The Balaban J connectivity index is 1.99. The highest BCUT2D eigenvalue weighted by Crippen LogP contribution is 2.30. The molecule has 0 aromatic heterocycles. The molecule has 0 saturated heterocycles. The number of primary amides is 1. The van der Waals surface area contributed by atoms with Crippen molar-refractivity contribution < 1.29 is 22.0 Å². The lowest BCUT2D eigenvalue weighted by Gasteiger charge is -2.13. The van der Waals surface area contributed by atoms with Crippen LogP contribution in [0.15, 0.2) is 71.6 Å². The number of sulfonamides is 1. The molecule has 0 atom stereocenters. The lowest BCUT2D eigenvalue weighted by molar-refractivity contribution is 0.1000. The average molecular weight is 388 g/mol. The molecule has 0 saturated carbocycles. The first-order chi connectivity index (χ1) is 12.8. The van der Waals surface area contributed by atoms with E-state index in [1.807, 2.05) is 0 Å². The normalized spacial score (nSPS) is 11.2. The summed E-state index contributed by atoms with van der Waals surface area (Å²) in [7, 11) is -4.01. The molecule has 0 unspecified atom stereocenters. The Morgan fingerprint density at radius 1 is 0.852 bits per heavy atom. The van der Waals surface area contributed by atoms with Crippen molar-refractivity contribution in [2.75, 3.05) is 4.72 Å². The fourth-order valence-corrected chi connectivity index (χ4v) is 3.56. The topological polar surface area (TPSA) is 89.3 Å². The van der Waals surface area contributed by atoms with E-state index in [2.05, 4.69) is 4.72 Å². The Morgan fingerprint density at radius 2 is 1.44 bits per heavy atom. The van der Waals surface area contributed by atoms with Crippen LogP contribution in [-0.2, 0) is 10.0 Å². The number of hydrogen-bond donors (Lipinski definition) is 2. The van der Waals surface area contributed by atoms with E-state index in [9.17, 15) is 22.0 Å². The molecule has 0 aliphatic rings. The zero-order valence-corrected chi connectivity index (χ0v) is 14.6. The van der Waals surface area contributed by atoms with E-state index >= 15 is 0 Å². The lowest BCUT2D eigenvalue weighted by atomic mass is 10.0. The van der Waals surface area contributed by atoms with Crippen molar-refractivity contribution in [3.05, 3.63) is 83.9 Å². The van der Waals surface area contributed by atoms with Gasteiger partial charge in [0, 0.05) is 11.1 Å². The molecule has 5 nitrogen and oxygen atoms in total. The van der Waals surface area contributed by atoms with Gasteiger partial charge in [0.1, 0.15) is 11.6 Å². The van der Waals surface area contributed by atoms with Crippen LogP contribution in [0, 0.1) is 11.6 Å². The van der Waals surface area contributed by atoms with Gasteiger partial charge in [-0.25, -0.2) is 17.2 Å². The molecule has 0 aliphatic heterocycles. The van der Waals surface area contributed by atoms with Crippen molar-refractivity contribution in [2.45, 2.75) is 4.90 Å². The third-order valence-corrected chi connectivity index (χ3v) is 5.21. The number of nitrogens with one attached hydrogen (secondary N) is 1. The van der Waals surface area contributed by atoms with Gasteiger partial charge in [0.15, 0.2) is 0 Å². The number of halogens is 2. The van der Waals surface area contributed by atoms with Gasteiger partial charge in [-0.1, -0.05) is 12.1 Å². The standard InChI is InChI=1S/C19H14F2N2O3S/c20-14-5-1-12(2-6-14)17-11-15(21)7-10-18(17)23-27(25,26)16-8-3-13(4-9-16)19(22)24/h1-11,23H,(H2,22,24). The highest BCUT2D eigenvalue weighted by atomic mass is 32.2. The summed E-state index contributed by atoms with van der Waals surface area (Å²) >= 11 is 0. The van der Waals surface area contributed by atoms with Gasteiger partial charge >= 0.3 is 0 Å². The molecule has 0 bridgehead atoms. The fourth-order valence-electron chi connectivity index (χ4n) is 2.48. The largest absolute Gasteiger partial charge is 0.366 e. The average Bonchev–Trinajstić information content (AvgIpc) is 2.64. The first-order valence-electron chi connectivity index (χ1n) is 7.74. The molecule has 0 fully saturated rings. The minimum Gasteiger partial charge on any atom is -0.366 e. The van der Waals surface area contributed by atoms with E-state index in [1.165, 1.54) is 54.6 Å². The van der Waals surface area contributed by atoms with Crippen molar-refractivity contribution in [3.63, 3.8) is 0 Å². The van der Waals surface area contributed by atoms with Crippen LogP contribution in [0.5, 0.6) is 0 Å². The van der Waals surface area contributed by atoms with Crippen LogP contribution in [0.1, 0.15) is 10.4 Å². The second kappa shape index (κ2) is 7.16. The van der Waals surface area contributed by atoms with Gasteiger partial charge in [-0.3, -0.25) is 9.52 Å². The first kappa shape index (κ1) is 18.5. The summed E-state index contributed by atoms with van der Waals surface area (Å²) in [6.07, 6.45) is 0.